The molecule has 222 valence electrons. The van der Waals surface area contributed by atoms with Crippen molar-refractivity contribution in [2.24, 2.45) is 0 Å². The fourth-order valence-electron chi connectivity index (χ4n) is 4.98. The van der Waals surface area contributed by atoms with E-state index in [0.29, 0.717) is 36.7 Å². The van der Waals surface area contributed by atoms with Crippen LogP contribution in [0.1, 0.15) is 88.4 Å². The molecule has 0 fully saturated rings. The van der Waals surface area contributed by atoms with Crippen LogP contribution in [0.15, 0.2) is 62.6 Å². The highest BCUT2D eigenvalue weighted by Gasteiger charge is 2.22. The minimum absolute atomic E-state index is 0.00498. The molecule has 0 spiro atoms. The van der Waals surface area contributed by atoms with Gasteiger partial charge in [-0.3, -0.25) is 23.7 Å². The first kappa shape index (κ1) is 30.7. The summed E-state index contributed by atoms with van der Waals surface area (Å²) in [6.07, 6.45) is 5.32. The Bertz CT molecular complexity index is 1600. The van der Waals surface area contributed by atoms with Gasteiger partial charge in [-0.15, -0.1) is 0 Å². The lowest BCUT2D eigenvalue weighted by Crippen LogP contribution is -2.32. The monoisotopic (exact) mass is 572 g/mol. The van der Waals surface area contributed by atoms with Crippen LogP contribution in [0.4, 0.5) is 0 Å². The van der Waals surface area contributed by atoms with Gasteiger partial charge in [-0.25, -0.2) is 9.78 Å². The third-order valence-electron chi connectivity index (χ3n) is 7.23. The molecular weight excluding hydrogens is 532 g/mol. The van der Waals surface area contributed by atoms with Gasteiger partial charge in [0, 0.05) is 12.0 Å². The molecule has 42 heavy (non-hydrogen) atoms. The molecule has 2 heterocycles. The van der Waals surface area contributed by atoms with Crippen LogP contribution in [-0.4, -0.2) is 32.3 Å². The van der Waals surface area contributed by atoms with Crippen LogP contribution < -0.4 is 11.3 Å². The molecule has 0 aliphatic carbocycles. The summed E-state index contributed by atoms with van der Waals surface area (Å²) in [4.78, 5) is 45.7. The molecule has 0 bridgehead atoms. The van der Waals surface area contributed by atoms with Crippen molar-refractivity contribution in [2.45, 2.75) is 85.1 Å². The van der Waals surface area contributed by atoms with Gasteiger partial charge in [0.15, 0.2) is 5.82 Å². The molecule has 0 unspecified atom stereocenters. The van der Waals surface area contributed by atoms with Gasteiger partial charge in [-0.05, 0) is 35.4 Å². The molecule has 0 amide bonds. The summed E-state index contributed by atoms with van der Waals surface area (Å²) in [5.74, 6) is 0.0844. The predicted octanol–water partition coefficient (Wildman–Crippen LogP) is 6.04. The number of unbranched alkanes of at least 4 members (excludes halogenated alkanes) is 3. The normalized spacial score (nSPS) is 11.3. The number of benzene rings is 2. The smallest absolute Gasteiger partial charge is 0.439 e. The van der Waals surface area contributed by atoms with Crippen molar-refractivity contribution in [1.29, 1.82) is 0 Å². The van der Waals surface area contributed by atoms with Gasteiger partial charge in [0.25, 0.3) is 5.56 Å². The number of aromatic nitrogens is 4. The van der Waals surface area contributed by atoms with E-state index >= 15 is 0 Å². The Balaban J connectivity index is 1.66. The average Bonchev–Trinajstić information content (AvgIpc) is 3.43. The van der Waals surface area contributed by atoms with Crippen molar-refractivity contribution < 1.29 is 14.1 Å². The van der Waals surface area contributed by atoms with Crippen LogP contribution in [-0.2, 0) is 28.9 Å². The number of ether oxygens (including phenoxy) is 1. The van der Waals surface area contributed by atoms with Crippen LogP contribution in [0.5, 0.6) is 0 Å². The molecule has 0 aliphatic rings. The highest BCUT2D eigenvalue weighted by atomic mass is 16.5. The van der Waals surface area contributed by atoms with Crippen molar-refractivity contribution in [1.82, 2.24) is 19.7 Å². The first-order valence-electron chi connectivity index (χ1n) is 14.8. The molecule has 9 heteroatoms. The first-order chi connectivity index (χ1) is 20.3. The Kier molecular flexibility index (Phi) is 10.6. The number of carbonyl (C=O) groups is 1. The second-order valence-electron chi connectivity index (χ2n) is 10.8. The van der Waals surface area contributed by atoms with E-state index in [1.165, 1.54) is 0 Å². The highest BCUT2D eigenvalue weighted by Crippen LogP contribution is 2.30. The first-order valence-corrected chi connectivity index (χ1v) is 14.8. The minimum Gasteiger partial charge on any atom is -0.465 e. The van der Waals surface area contributed by atoms with Gasteiger partial charge in [0.2, 0.25) is 0 Å². The number of nitrogens with zero attached hydrogens (tertiary/aromatic N) is 3. The van der Waals surface area contributed by atoms with Gasteiger partial charge < -0.3 is 4.74 Å². The number of H-pyrrole nitrogens is 1. The lowest BCUT2D eigenvalue weighted by molar-refractivity contribution is -0.143. The number of aryl methyl sites for hydroxylation is 1. The molecule has 4 rings (SSSR count). The maximum Gasteiger partial charge on any atom is 0.439 e. The summed E-state index contributed by atoms with van der Waals surface area (Å²) in [6, 6.07) is 15.5. The van der Waals surface area contributed by atoms with Gasteiger partial charge in [0.05, 0.1) is 30.8 Å². The summed E-state index contributed by atoms with van der Waals surface area (Å²) >= 11 is 0. The van der Waals surface area contributed by atoms with Gasteiger partial charge >= 0.3 is 11.7 Å². The number of esters is 1. The Morgan fingerprint density at radius 1 is 0.976 bits per heavy atom. The molecule has 0 aliphatic heterocycles. The van der Waals surface area contributed by atoms with E-state index < -0.39 is 11.7 Å². The topological polar surface area (TPSA) is 120 Å². The van der Waals surface area contributed by atoms with Crippen molar-refractivity contribution in [3.63, 3.8) is 0 Å². The SMILES string of the molecule is CCCCCOC(=O)Cc1c(C(C)C)nc(CCCC)n(Cc2ccc(-c3ccccc3-c3noc(=O)[nH]3)cc2)c1=O. The number of hydrogen-bond acceptors (Lipinski definition) is 7. The van der Waals surface area contributed by atoms with Crippen LogP contribution >= 0.6 is 0 Å². The van der Waals surface area contributed by atoms with E-state index in [9.17, 15) is 14.4 Å². The summed E-state index contributed by atoms with van der Waals surface area (Å²) < 4.78 is 11.9. The predicted molar refractivity (Wildman–Crippen MR) is 162 cm³/mol. The molecule has 0 atom stereocenters. The number of hydrogen-bond donors (Lipinski definition) is 1. The number of rotatable bonds is 14. The molecule has 9 nitrogen and oxygen atoms in total. The van der Waals surface area contributed by atoms with Crippen LogP contribution in [0.3, 0.4) is 0 Å². The maximum absolute atomic E-state index is 14.0. The summed E-state index contributed by atoms with van der Waals surface area (Å²) in [5, 5.41) is 3.84. The lowest BCUT2D eigenvalue weighted by atomic mass is 9.98. The Morgan fingerprint density at radius 3 is 2.33 bits per heavy atom. The second-order valence-corrected chi connectivity index (χ2v) is 10.8. The largest absolute Gasteiger partial charge is 0.465 e. The van der Waals surface area contributed by atoms with Gasteiger partial charge in [-0.1, -0.05) is 101 Å². The van der Waals surface area contributed by atoms with E-state index in [1.54, 1.807) is 4.57 Å². The fraction of sp³-hybridized carbons (Fsp3) is 0.424. The quantitative estimate of drug-likeness (QED) is 0.144. The molecule has 0 saturated carbocycles. The number of nitrogens with one attached hydrogen (secondary N) is 1. The van der Waals surface area contributed by atoms with Gasteiger partial charge in [0.1, 0.15) is 5.82 Å². The van der Waals surface area contributed by atoms with E-state index in [1.807, 2.05) is 62.4 Å². The molecule has 1 N–H and O–H groups in total. The lowest BCUT2D eigenvalue weighted by Gasteiger charge is -2.19. The minimum atomic E-state index is -0.610. The zero-order valence-electron chi connectivity index (χ0n) is 24.9. The zero-order valence-corrected chi connectivity index (χ0v) is 24.9. The molecule has 4 aromatic rings. The highest BCUT2D eigenvalue weighted by molar-refractivity contribution is 5.80. The molecule has 0 radical (unpaired) electrons. The third kappa shape index (κ3) is 7.51. The molecule has 2 aromatic carbocycles. The van der Waals surface area contributed by atoms with Crippen LogP contribution in [0, 0.1) is 0 Å². The van der Waals surface area contributed by atoms with E-state index in [0.717, 1.165) is 60.2 Å². The van der Waals surface area contributed by atoms with E-state index in [4.69, 9.17) is 14.2 Å². The van der Waals surface area contributed by atoms with Crippen LogP contribution in [0.25, 0.3) is 22.5 Å². The van der Waals surface area contributed by atoms with Crippen molar-refractivity contribution in [3.8, 4) is 22.5 Å². The van der Waals surface area contributed by atoms with Crippen molar-refractivity contribution in [3.05, 3.63) is 92.1 Å². The molecular formula is C33H40N4O5. The third-order valence-corrected chi connectivity index (χ3v) is 7.23. The fourth-order valence-corrected chi connectivity index (χ4v) is 4.98. The Labute approximate surface area is 246 Å². The average molecular weight is 573 g/mol. The summed E-state index contributed by atoms with van der Waals surface area (Å²) in [5.41, 5.74) is 4.39. The van der Waals surface area contributed by atoms with Crippen molar-refractivity contribution in [2.75, 3.05) is 6.61 Å². The zero-order chi connectivity index (χ0) is 30.1. The maximum atomic E-state index is 14.0. The molecule has 0 saturated heterocycles. The molecule has 2 aromatic heterocycles. The van der Waals surface area contributed by atoms with E-state index in [2.05, 4.69) is 24.0 Å². The second kappa shape index (κ2) is 14.6. The van der Waals surface area contributed by atoms with Crippen molar-refractivity contribution >= 4 is 5.97 Å². The number of carbonyl (C=O) groups excluding carboxylic acids is 1. The van der Waals surface area contributed by atoms with E-state index in [-0.39, 0.29) is 17.9 Å². The number of aromatic amines is 1. The Hall–Kier alpha value is -4.27. The summed E-state index contributed by atoms with van der Waals surface area (Å²) in [6.45, 7) is 8.90. The van der Waals surface area contributed by atoms with Gasteiger partial charge in [-0.2, -0.15) is 0 Å². The standard InChI is InChI=1S/C33H40N4O5/c1-5-7-11-19-41-29(38)20-27-30(22(3)4)34-28(14-8-6-2)37(32(27)39)21-23-15-17-24(18-16-23)25-12-9-10-13-26(25)31-35-33(40)42-36-31/h9-10,12-13,15-18,22H,5-8,11,14,19-21H2,1-4H3,(H,35,36,40). The van der Waals surface area contributed by atoms with Crippen LogP contribution in [0.2, 0.25) is 0 Å². The summed E-state index contributed by atoms with van der Waals surface area (Å²) in [7, 11) is 0. The Morgan fingerprint density at radius 2 is 1.69 bits per heavy atom.